The highest BCUT2D eigenvalue weighted by Gasteiger charge is 2.22. The molecule has 0 bridgehead atoms. The summed E-state index contributed by atoms with van der Waals surface area (Å²) in [6.07, 6.45) is 2.55. The number of nitro benzene ring substituents is 1. The number of carbonyl (C=O) groups is 1. The Morgan fingerprint density at radius 1 is 1.09 bits per heavy atom. The Kier molecular flexibility index (Phi) is 8.06. The summed E-state index contributed by atoms with van der Waals surface area (Å²) < 4.78 is 0. The smallest absolute Gasteiger partial charge is 0.283 e. The third kappa shape index (κ3) is 5.97. The summed E-state index contributed by atoms with van der Waals surface area (Å²) in [5.41, 5.74) is 1.78. The normalized spacial score (nSPS) is 16.0. The first-order valence-corrected chi connectivity index (χ1v) is 11.5. The van der Waals surface area contributed by atoms with Crippen molar-refractivity contribution in [1.82, 2.24) is 9.80 Å². The fourth-order valence-electron chi connectivity index (χ4n) is 3.62. The number of nitrogens with zero attached hydrogens (tertiary/aromatic N) is 3. The number of nitro groups is 1. The molecule has 0 radical (unpaired) electrons. The molecule has 0 spiro atoms. The van der Waals surface area contributed by atoms with Crippen molar-refractivity contribution in [3.63, 3.8) is 0 Å². The lowest BCUT2D eigenvalue weighted by Gasteiger charge is -2.35. The second-order valence-corrected chi connectivity index (χ2v) is 9.19. The van der Waals surface area contributed by atoms with Crippen LogP contribution >= 0.6 is 11.8 Å². The Bertz CT molecular complexity index is 998. The molecule has 1 fully saturated rings. The molecule has 1 atom stereocenters. The van der Waals surface area contributed by atoms with Gasteiger partial charge in [-0.05, 0) is 42.2 Å². The largest absolute Gasteiger partial charge is 0.379 e. The van der Waals surface area contributed by atoms with Crippen LogP contribution in [0.2, 0.25) is 0 Å². The highest BCUT2D eigenvalue weighted by molar-refractivity contribution is 7.99. The monoisotopic (exact) mass is 455 g/mol. The van der Waals surface area contributed by atoms with Gasteiger partial charge in [0.25, 0.3) is 5.69 Å². The van der Waals surface area contributed by atoms with E-state index >= 15 is 0 Å². The Balaban J connectivity index is 1.74. The average molecular weight is 456 g/mol. The van der Waals surface area contributed by atoms with Gasteiger partial charge in [0, 0.05) is 43.2 Å². The number of aliphatic hydroxyl groups is 1. The zero-order valence-corrected chi connectivity index (χ0v) is 19.4. The quantitative estimate of drug-likeness (QED) is 0.379. The van der Waals surface area contributed by atoms with Crippen molar-refractivity contribution >= 4 is 29.4 Å². The third-order valence-corrected chi connectivity index (χ3v) is 6.67. The van der Waals surface area contributed by atoms with E-state index in [1.54, 1.807) is 30.0 Å². The van der Waals surface area contributed by atoms with Gasteiger partial charge in [-0.1, -0.05) is 49.9 Å². The minimum Gasteiger partial charge on any atom is -0.379 e. The lowest BCUT2D eigenvalue weighted by molar-refractivity contribution is -0.387. The SMILES string of the molecule is CC(C)c1ccccc1Sc1ccc(/C=C/C(=O)N2CCN(C(C)O)CC2)cc1[N+](=O)[O-]. The van der Waals surface area contributed by atoms with Crippen molar-refractivity contribution in [2.24, 2.45) is 0 Å². The highest BCUT2D eigenvalue weighted by Crippen LogP contribution is 2.39. The summed E-state index contributed by atoms with van der Waals surface area (Å²) >= 11 is 1.39. The van der Waals surface area contributed by atoms with Crippen LogP contribution in [0, 0.1) is 10.1 Å². The van der Waals surface area contributed by atoms with Crippen LogP contribution in [-0.4, -0.2) is 58.1 Å². The van der Waals surface area contributed by atoms with E-state index in [-0.39, 0.29) is 16.5 Å². The molecule has 0 aromatic heterocycles. The van der Waals surface area contributed by atoms with Crippen molar-refractivity contribution in [2.75, 3.05) is 26.2 Å². The van der Waals surface area contributed by atoms with Crippen molar-refractivity contribution < 1.29 is 14.8 Å². The number of aliphatic hydroxyl groups excluding tert-OH is 1. The molecule has 1 aliphatic heterocycles. The van der Waals surface area contributed by atoms with Gasteiger partial charge in [0.2, 0.25) is 5.91 Å². The number of rotatable bonds is 7. The number of benzene rings is 2. The average Bonchev–Trinajstić information content (AvgIpc) is 2.78. The highest BCUT2D eigenvalue weighted by atomic mass is 32.2. The first-order valence-electron chi connectivity index (χ1n) is 10.7. The van der Waals surface area contributed by atoms with Gasteiger partial charge in [-0.3, -0.25) is 19.8 Å². The molecule has 32 heavy (non-hydrogen) atoms. The molecular formula is C24H29N3O4S. The van der Waals surface area contributed by atoms with Crippen molar-refractivity contribution in [1.29, 1.82) is 0 Å². The predicted octanol–water partition coefficient (Wildman–Crippen LogP) is 4.37. The Morgan fingerprint density at radius 2 is 1.78 bits per heavy atom. The predicted molar refractivity (Wildman–Crippen MR) is 127 cm³/mol. The topological polar surface area (TPSA) is 86.9 Å². The summed E-state index contributed by atoms with van der Waals surface area (Å²) in [7, 11) is 0. The van der Waals surface area contributed by atoms with Gasteiger partial charge < -0.3 is 10.0 Å². The van der Waals surface area contributed by atoms with E-state index in [2.05, 4.69) is 13.8 Å². The first-order chi connectivity index (χ1) is 15.3. The molecule has 1 amide bonds. The van der Waals surface area contributed by atoms with Gasteiger partial charge >= 0.3 is 0 Å². The molecule has 170 valence electrons. The van der Waals surface area contributed by atoms with E-state index in [0.29, 0.717) is 42.6 Å². The van der Waals surface area contributed by atoms with Gasteiger partial charge in [-0.15, -0.1) is 0 Å². The zero-order chi connectivity index (χ0) is 23.3. The van der Waals surface area contributed by atoms with Crippen molar-refractivity contribution in [3.05, 3.63) is 69.8 Å². The van der Waals surface area contributed by atoms with E-state index in [4.69, 9.17) is 0 Å². The number of hydrogen-bond donors (Lipinski definition) is 1. The van der Waals surface area contributed by atoms with Crippen molar-refractivity contribution in [2.45, 2.75) is 42.7 Å². The fraction of sp³-hybridized carbons (Fsp3) is 0.375. The molecular weight excluding hydrogens is 426 g/mol. The van der Waals surface area contributed by atoms with E-state index in [9.17, 15) is 20.0 Å². The lowest BCUT2D eigenvalue weighted by Crippen LogP contribution is -2.50. The summed E-state index contributed by atoms with van der Waals surface area (Å²) in [6, 6.07) is 13.0. The van der Waals surface area contributed by atoms with Crippen molar-refractivity contribution in [3.8, 4) is 0 Å². The zero-order valence-electron chi connectivity index (χ0n) is 18.6. The van der Waals surface area contributed by atoms with Crippen LogP contribution in [0.25, 0.3) is 6.08 Å². The molecule has 0 saturated carbocycles. The molecule has 0 aliphatic carbocycles. The number of carbonyl (C=O) groups excluding carboxylic acids is 1. The minimum atomic E-state index is -0.521. The summed E-state index contributed by atoms with van der Waals surface area (Å²) in [4.78, 5) is 29.0. The second kappa shape index (κ2) is 10.8. The molecule has 1 unspecified atom stereocenters. The molecule has 3 rings (SSSR count). The van der Waals surface area contributed by atoms with E-state index in [0.717, 1.165) is 10.5 Å². The summed E-state index contributed by atoms with van der Waals surface area (Å²) in [5, 5.41) is 21.4. The maximum absolute atomic E-state index is 12.5. The Morgan fingerprint density at radius 3 is 2.41 bits per heavy atom. The van der Waals surface area contributed by atoms with Crippen LogP contribution in [0.5, 0.6) is 0 Å². The number of amides is 1. The van der Waals surface area contributed by atoms with Crippen LogP contribution < -0.4 is 0 Å². The maximum atomic E-state index is 12.5. The van der Waals surface area contributed by atoms with Crippen LogP contribution in [0.15, 0.2) is 58.3 Å². The molecule has 2 aromatic carbocycles. The number of piperazine rings is 1. The molecule has 7 nitrogen and oxygen atoms in total. The number of hydrogen-bond acceptors (Lipinski definition) is 6. The molecule has 2 aromatic rings. The molecule has 1 saturated heterocycles. The van der Waals surface area contributed by atoms with Crippen LogP contribution in [0.4, 0.5) is 5.69 Å². The van der Waals surface area contributed by atoms with Crippen LogP contribution in [0.1, 0.15) is 37.8 Å². The van der Waals surface area contributed by atoms with Crippen LogP contribution in [-0.2, 0) is 4.79 Å². The third-order valence-electron chi connectivity index (χ3n) is 5.51. The fourth-order valence-corrected chi connectivity index (χ4v) is 4.80. The first kappa shape index (κ1) is 24.0. The van der Waals surface area contributed by atoms with Gasteiger partial charge in [0.15, 0.2) is 0 Å². The maximum Gasteiger partial charge on any atom is 0.283 e. The van der Waals surface area contributed by atoms with Gasteiger partial charge in [-0.25, -0.2) is 0 Å². The van der Waals surface area contributed by atoms with Crippen LogP contribution in [0.3, 0.4) is 0 Å². The molecule has 1 aliphatic rings. The van der Waals surface area contributed by atoms with E-state index in [1.165, 1.54) is 23.9 Å². The van der Waals surface area contributed by atoms with Gasteiger partial charge in [0.05, 0.1) is 9.82 Å². The lowest BCUT2D eigenvalue weighted by atomic mass is 10.0. The van der Waals surface area contributed by atoms with E-state index < -0.39 is 6.23 Å². The molecule has 8 heteroatoms. The minimum absolute atomic E-state index is 0.0219. The second-order valence-electron chi connectivity index (χ2n) is 8.11. The molecule has 1 heterocycles. The van der Waals surface area contributed by atoms with Gasteiger partial charge in [0.1, 0.15) is 6.23 Å². The summed E-state index contributed by atoms with van der Waals surface area (Å²) in [5.74, 6) is 0.177. The Hall–Kier alpha value is -2.68. The van der Waals surface area contributed by atoms with E-state index in [1.807, 2.05) is 29.2 Å². The molecule has 1 N–H and O–H groups in total. The standard InChI is InChI=1S/C24H29N3O4S/c1-17(2)20-6-4-5-7-22(20)32-23-10-8-19(16-21(23)27(30)31)9-11-24(29)26-14-12-25(13-15-26)18(3)28/h4-11,16-18,28H,12-15H2,1-3H3/b11-9+. The summed E-state index contributed by atoms with van der Waals surface area (Å²) in [6.45, 7) is 8.23. The Labute approximate surface area is 192 Å². The van der Waals surface area contributed by atoms with Gasteiger partial charge in [-0.2, -0.15) is 0 Å².